The number of benzene rings is 1. The lowest BCUT2D eigenvalue weighted by atomic mass is 10.2. The second kappa shape index (κ2) is 5.90. The Labute approximate surface area is 132 Å². The Bertz CT molecular complexity index is 732. The van der Waals surface area contributed by atoms with Crippen molar-refractivity contribution in [1.82, 2.24) is 4.37 Å². The first-order valence-corrected chi connectivity index (χ1v) is 7.32. The first kappa shape index (κ1) is 15.6. The number of amides is 1. The summed E-state index contributed by atoms with van der Waals surface area (Å²) < 4.78 is 17.3. The zero-order valence-electron chi connectivity index (χ0n) is 11.1. The Morgan fingerprint density at radius 1 is 1.43 bits per heavy atom. The zero-order chi connectivity index (χ0) is 15.7. The highest BCUT2D eigenvalue weighted by Gasteiger charge is 2.25. The van der Waals surface area contributed by atoms with Crippen molar-refractivity contribution in [1.29, 1.82) is 0 Å². The molecule has 0 aliphatic rings. The molecule has 21 heavy (non-hydrogen) atoms. The Balaban J connectivity index is 2.42. The molecule has 1 N–H and O–H groups in total. The van der Waals surface area contributed by atoms with E-state index in [1.54, 1.807) is 6.92 Å². The van der Waals surface area contributed by atoms with E-state index in [0.29, 0.717) is 10.2 Å². The topological polar surface area (TPSA) is 70.5 Å². The summed E-state index contributed by atoms with van der Waals surface area (Å²) in [7, 11) is 1.46. The van der Waals surface area contributed by atoms with Crippen molar-refractivity contribution in [2.45, 2.75) is 6.92 Å². The molecule has 8 heteroatoms. The van der Waals surface area contributed by atoms with Crippen molar-refractivity contribution in [3.63, 3.8) is 0 Å². The normalized spacial score (nSPS) is 10.5. The average molecular weight is 373 g/mol. The van der Waals surface area contributed by atoms with Gasteiger partial charge in [0, 0.05) is 11.5 Å². The van der Waals surface area contributed by atoms with E-state index in [1.165, 1.54) is 30.1 Å². The Morgan fingerprint density at radius 2 is 2.10 bits per heavy atom. The summed E-state index contributed by atoms with van der Waals surface area (Å²) in [6.45, 7) is 1.57. The van der Waals surface area contributed by atoms with Crippen molar-refractivity contribution in [2.24, 2.45) is 0 Å². The van der Waals surface area contributed by atoms with Gasteiger partial charge in [-0.1, -0.05) is 0 Å². The molecular formula is C13H10BrFN2O3S. The van der Waals surface area contributed by atoms with Crippen LogP contribution in [0.1, 0.15) is 26.4 Å². The molecule has 1 aromatic heterocycles. The number of aromatic nitrogens is 1. The summed E-state index contributed by atoms with van der Waals surface area (Å²) in [5.41, 5.74) is 0.579. The number of hydrogen-bond donors (Lipinski definition) is 1. The van der Waals surface area contributed by atoms with E-state index in [1.807, 2.05) is 0 Å². The Kier molecular flexibility index (Phi) is 4.38. The second-order valence-electron chi connectivity index (χ2n) is 4.24. The minimum atomic E-state index is -1.14. The highest BCUT2D eigenvalue weighted by Crippen LogP contribution is 2.30. The number of carboxylic acids is 1. The van der Waals surface area contributed by atoms with Crippen molar-refractivity contribution < 1.29 is 19.1 Å². The molecule has 2 rings (SSSR count). The van der Waals surface area contributed by atoms with Gasteiger partial charge in [-0.05, 0) is 52.6 Å². The van der Waals surface area contributed by atoms with Gasteiger partial charge in [0.25, 0.3) is 5.91 Å². The maximum Gasteiger partial charge on any atom is 0.340 e. The molecule has 0 spiro atoms. The molecule has 0 aliphatic carbocycles. The van der Waals surface area contributed by atoms with E-state index in [4.69, 9.17) is 0 Å². The van der Waals surface area contributed by atoms with E-state index in [9.17, 15) is 19.1 Å². The van der Waals surface area contributed by atoms with Crippen molar-refractivity contribution in [3.05, 3.63) is 45.3 Å². The minimum absolute atomic E-state index is 0.00548. The molecule has 0 saturated carbocycles. The van der Waals surface area contributed by atoms with Crippen LogP contribution in [0.5, 0.6) is 0 Å². The highest BCUT2D eigenvalue weighted by molar-refractivity contribution is 9.10. The quantitative estimate of drug-likeness (QED) is 0.896. The third-order valence-electron chi connectivity index (χ3n) is 2.83. The van der Waals surface area contributed by atoms with Crippen LogP contribution in [0.15, 0.2) is 22.7 Å². The van der Waals surface area contributed by atoms with Crippen LogP contribution in [0.2, 0.25) is 0 Å². The van der Waals surface area contributed by atoms with Crippen LogP contribution in [0.4, 0.5) is 9.39 Å². The fraction of sp³-hybridized carbons (Fsp3) is 0.154. The van der Waals surface area contributed by atoms with Crippen molar-refractivity contribution in [3.8, 4) is 0 Å². The number of nitrogens with zero attached hydrogens (tertiary/aromatic N) is 2. The summed E-state index contributed by atoms with van der Waals surface area (Å²) in [5, 5.41) is 9.43. The number of carboxylic acid groups (broad SMARTS) is 1. The first-order valence-electron chi connectivity index (χ1n) is 5.75. The summed E-state index contributed by atoms with van der Waals surface area (Å²) in [6.07, 6.45) is 0. The number of anilines is 1. The largest absolute Gasteiger partial charge is 0.478 e. The maximum atomic E-state index is 13.1. The molecule has 0 radical (unpaired) electrons. The van der Waals surface area contributed by atoms with Crippen LogP contribution in [0, 0.1) is 12.7 Å². The molecule has 0 atom stereocenters. The molecule has 5 nitrogen and oxygen atoms in total. The molecule has 0 unspecified atom stereocenters. The Morgan fingerprint density at radius 3 is 2.67 bits per heavy atom. The predicted octanol–water partition coefficient (Wildman–Crippen LogP) is 3.33. The van der Waals surface area contributed by atoms with Crippen LogP contribution >= 0.6 is 27.5 Å². The minimum Gasteiger partial charge on any atom is -0.478 e. The van der Waals surface area contributed by atoms with Crippen molar-refractivity contribution in [2.75, 3.05) is 11.9 Å². The van der Waals surface area contributed by atoms with E-state index in [2.05, 4.69) is 20.3 Å². The molecular weight excluding hydrogens is 363 g/mol. The summed E-state index contributed by atoms with van der Waals surface area (Å²) >= 11 is 4.05. The van der Waals surface area contributed by atoms with Gasteiger partial charge in [0.15, 0.2) is 0 Å². The smallest absolute Gasteiger partial charge is 0.340 e. The average Bonchev–Trinajstić information content (AvgIpc) is 2.79. The standard InChI is InChI=1S/C13H10BrFN2O3S/c1-6-10(13(19)20)12(21-16-6)17(2)11(18)8-4-3-7(15)5-9(8)14/h3-5H,1-2H3,(H,19,20). The molecule has 0 aliphatic heterocycles. The number of aromatic carboxylic acids is 1. The molecule has 1 amide bonds. The number of hydrogen-bond acceptors (Lipinski definition) is 4. The monoisotopic (exact) mass is 372 g/mol. The van der Waals surface area contributed by atoms with E-state index in [-0.39, 0.29) is 16.1 Å². The van der Waals surface area contributed by atoms with Gasteiger partial charge in [-0.15, -0.1) is 0 Å². The molecule has 2 aromatic rings. The SMILES string of the molecule is Cc1nsc(N(C)C(=O)c2ccc(F)cc2Br)c1C(=O)O. The van der Waals surface area contributed by atoms with Gasteiger partial charge in [0.1, 0.15) is 16.4 Å². The molecule has 1 heterocycles. The summed E-state index contributed by atoms with van der Waals surface area (Å²) in [5.74, 6) is -2.07. The van der Waals surface area contributed by atoms with Gasteiger partial charge in [0.05, 0.1) is 11.3 Å². The lowest BCUT2D eigenvalue weighted by Gasteiger charge is -2.16. The maximum absolute atomic E-state index is 13.1. The van der Waals surface area contributed by atoms with E-state index >= 15 is 0 Å². The summed E-state index contributed by atoms with van der Waals surface area (Å²) in [4.78, 5) is 24.9. The number of aryl methyl sites for hydroxylation is 1. The van der Waals surface area contributed by atoms with Gasteiger partial charge >= 0.3 is 5.97 Å². The molecule has 0 saturated heterocycles. The van der Waals surface area contributed by atoms with Crippen LogP contribution < -0.4 is 4.90 Å². The van der Waals surface area contributed by atoms with Gasteiger partial charge in [0.2, 0.25) is 0 Å². The van der Waals surface area contributed by atoms with Gasteiger partial charge in [-0.25, -0.2) is 9.18 Å². The van der Waals surface area contributed by atoms with Gasteiger partial charge < -0.3 is 10.0 Å². The molecule has 0 bridgehead atoms. The fourth-order valence-corrected chi connectivity index (χ4v) is 3.14. The lowest BCUT2D eigenvalue weighted by Crippen LogP contribution is -2.27. The second-order valence-corrected chi connectivity index (χ2v) is 5.85. The van der Waals surface area contributed by atoms with E-state index < -0.39 is 17.7 Å². The van der Waals surface area contributed by atoms with Gasteiger partial charge in [-0.3, -0.25) is 4.79 Å². The van der Waals surface area contributed by atoms with Gasteiger partial charge in [-0.2, -0.15) is 4.37 Å². The van der Waals surface area contributed by atoms with Crippen molar-refractivity contribution >= 4 is 44.3 Å². The van der Waals surface area contributed by atoms with Crippen LogP contribution in [0.25, 0.3) is 0 Å². The van der Waals surface area contributed by atoms with E-state index in [0.717, 1.165) is 11.5 Å². The molecule has 0 fully saturated rings. The van der Waals surface area contributed by atoms with Crippen LogP contribution in [-0.2, 0) is 0 Å². The van der Waals surface area contributed by atoms with Crippen LogP contribution in [-0.4, -0.2) is 28.4 Å². The number of carbonyl (C=O) groups is 2. The third kappa shape index (κ3) is 2.96. The number of rotatable bonds is 3. The zero-order valence-corrected chi connectivity index (χ0v) is 13.5. The van der Waals surface area contributed by atoms with Crippen LogP contribution in [0.3, 0.4) is 0 Å². The fourth-order valence-electron chi connectivity index (χ4n) is 1.77. The summed E-state index contributed by atoms with van der Waals surface area (Å²) in [6, 6.07) is 3.69. The third-order valence-corrected chi connectivity index (χ3v) is 4.50. The molecule has 1 aromatic carbocycles. The number of carbonyl (C=O) groups excluding carboxylic acids is 1. The molecule has 110 valence electrons. The number of halogens is 2. The predicted molar refractivity (Wildman–Crippen MR) is 80.6 cm³/mol. The highest BCUT2D eigenvalue weighted by atomic mass is 79.9. The first-order chi connectivity index (χ1) is 9.82. The Hall–Kier alpha value is -1.80. The lowest BCUT2D eigenvalue weighted by molar-refractivity contribution is 0.0697.